The predicted octanol–water partition coefficient (Wildman–Crippen LogP) is 5.06. The normalized spacial score (nSPS) is 10.7. The van der Waals surface area contributed by atoms with Crippen molar-refractivity contribution in [3.05, 3.63) is 99.8 Å². The van der Waals surface area contributed by atoms with E-state index in [4.69, 9.17) is 9.47 Å². The van der Waals surface area contributed by atoms with Crippen LogP contribution in [0.2, 0.25) is 0 Å². The van der Waals surface area contributed by atoms with E-state index in [9.17, 15) is 18.4 Å². The summed E-state index contributed by atoms with van der Waals surface area (Å²) in [7, 11) is 3.01. The first-order valence-electron chi connectivity index (χ1n) is 10.7. The number of aromatic amines is 1. The fraction of sp³-hybridized carbons (Fsp3) is 0.154. The fourth-order valence-electron chi connectivity index (χ4n) is 3.67. The summed E-state index contributed by atoms with van der Waals surface area (Å²) in [5, 5.41) is 3.22. The summed E-state index contributed by atoms with van der Waals surface area (Å²) in [5.74, 6) is -0.0531. The molecule has 0 aliphatic rings. The molecule has 0 unspecified atom stereocenters. The summed E-state index contributed by atoms with van der Waals surface area (Å²) in [6.45, 7) is -0.0265. The molecule has 1 heterocycles. The molecule has 2 N–H and O–H groups in total. The van der Waals surface area contributed by atoms with Gasteiger partial charge in [-0.15, -0.1) is 0 Å². The number of hydrogen-bond acceptors (Lipinski definition) is 4. The first-order valence-corrected chi connectivity index (χ1v) is 10.7. The number of ether oxygens (including phenoxy) is 2. The number of benzene rings is 3. The van der Waals surface area contributed by atoms with Gasteiger partial charge in [-0.05, 0) is 42.0 Å². The number of urea groups is 1. The minimum absolute atomic E-state index is 0.00542. The number of amides is 2. The number of fused-ring (bicyclic) bond motifs is 1. The lowest BCUT2D eigenvalue weighted by Gasteiger charge is -2.23. The average molecular weight is 479 g/mol. The van der Waals surface area contributed by atoms with Gasteiger partial charge >= 0.3 is 6.03 Å². The largest absolute Gasteiger partial charge is 0.493 e. The predicted molar refractivity (Wildman–Crippen MR) is 129 cm³/mol. The van der Waals surface area contributed by atoms with Crippen LogP contribution in [0.25, 0.3) is 10.9 Å². The van der Waals surface area contributed by atoms with E-state index in [1.165, 1.54) is 49.5 Å². The topological polar surface area (TPSA) is 83.7 Å². The van der Waals surface area contributed by atoms with Crippen molar-refractivity contribution in [1.82, 2.24) is 9.88 Å². The van der Waals surface area contributed by atoms with Gasteiger partial charge in [0.05, 0.1) is 32.0 Å². The summed E-state index contributed by atoms with van der Waals surface area (Å²) >= 11 is 0. The summed E-state index contributed by atoms with van der Waals surface area (Å²) < 4.78 is 38.1. The van der Waals surface area contributed by atoms with Crippen LogP contribution in [-0.4, -0.2) is 30.1 Å². The highest BCUT2D eigenvalue weighted by molar-refractivity contribution is 5.89. The van der Waals surface area contributed by atoms with E-state index in [-0.39, 0.29) is 18.8 Å². The van der Waals surface area contributed by atoms with Crippen molar-refractivity contribution in [2.75, 3.05) is 19.5 Å². The van der Waals surface area contributed by atoms with Crippen LogP contribution < -0.4 is 20.3 Å². The fourth-order valence-corrected chi connectivity index (χ4v) is 3.67. The second-order valence-corrected chi connectivity index (χ2v) is 7.81. The maximum atomic E-state index is 14.1. The second kappa shape index (κ2) is 10.3. The zero-order valence-electron chi connectivity index (χ0n) is 19.1. The van der Waals surface area contributed by atoms with Gasteiger partial charge in [-0.25, -0.2) is 13.6 Å². The standard InChI is InChI=1S/C26H23F2N3O4/c1-34-23-12-17-11-18(25(32)29-22(17)13-24(23)35-2)15-31(14-16-7-9-19(27)10-8-16)26(33)30-21-6-4-3-5-20(21)28/h3-13H,14-15H2,1-2H3,(H,29,32)(H,30,33). The smallest absolute Gasteiger partial charge is 0.322 e. The number of anilines is 1. The Kier molecular flexibility index (Phi) is 6.96. The highest BCUT2D eigenvalue weighted by atomic mass is 19.1. The number of halogens is 2. The number of H-pyrrole nitrogens is 1. The van der Waals surface area contributed by atoms with Crippen molar-refractivity contribution in [2.24, 2.45) is 0 Å². The molecule has 2 amide bonds. The number of pyridine rings is 1. The summed E-state index contributed by atoms with van der Waals surface area (Å²) in [4.78, 5) is 30.1. The number of nitrogens with one attached hydrogen (secondary N) is 2. The summed E-state index contributed by atoms with van der Waals surface area (Å²) in [5.41, 5.74) is 1.09. The van der Waals surface area contributed by atoms with E-state index in [1.807, 2.05) is 0 Å². The molecule has 4 rings (SSSR count). The van der Waals surface area contributed by atoms with Crippen molar-refractivity contribution in [2.45, 2.75) is 13.1 Å². The number of carbonyl (C=O) groups is 1. The van der Waals surface area contributed by atoms with Crippen LogP contribution in [-0.2, 0) is 13.1 Å². The Morgan fingerprint density at radius 1 is 0.943 bits per heavy atom. The molecule has 0 atom stereocenters. The molecule has 0 radical (unpaired) electrons. The van der Waals surface area contributed by atoms with Gasteiger partial charge in [0, 0.05) is 23.6 Å². The Labute approximate surface area is 199 Å². The number of rotatable bonds is 7. The van der Waals surface area contributed by atoms with Crippen molar-refractivity contribution in [1.29, 1.82) is 0 Å². The van der Waals surface area contributed by atoms with Gasteiger partial charge < -0.3 is 24.7 Å². The number of methoxy groups -OCH3 is 2. The summed E-state index contributed by atoms with van der Waals surface area (Å²) in [6, 6.07) is 15.8. The number of carbonyl (C=O) groups excluding carboxylic acids is 1. The highest BCUT2D eigenvalue weighted by Gasteiger charge is 2.19. The molecular formula is C26H23F2N3O4. The van der Waals surface area contributed by atoms with Gasteiger partial charge in [0.25, 0.3) is 5.56 Å². The lowest BCUT2D eigenvalue weighted by atomic mass is 10.1. The van der Waals surface area contributed by atoms with Gasteiger partial charge in [0.15, 0.2) is 11.5 Å². The molecule has 3 aromatic carbocycles. The minimum Gasteiger partial charge on any atom is -0.493 e. The zero-order chi connectivity index (χ0) is 24.9. The molecule has 0 saturated heterocycles. The number of hydrogen-bond donors (Lipinski definition) is 2. The Hall–Kier alpha value is -4.40. The Balaban J connectivity index is 1.69. The molecule has 0 spiro atoms. The van der Waals surface area contributed by atoms with Gasteiger partial charge in [0.1, 0.15) is 11.6 Å². The molecule has 0 saturated carbocycles. The summed E-state index contributed by atoms with van der Waals surface area (Å²) in [6.07, 6.45) is 0. The first-order chi connectivity index (χ1) is 16.9. The van der Waals surface area contributed by atoms with E-state index in [2.05, 4.69) is 10.3 Å². The number of aromatic nitrogens is 1. The van der Waals surface area contributed by atoms with Crippen LogP contribution in [0.4, 0.5) is 19.3 Å². The molecule has 0 bridgehead atoms. The van der Waals surface area contributed by atoms with Crippen molar-refractivity contribution < 1.29 is 23.0 Å². The second-order valence-electron chi connectivity index (χ2n) is 7.81. The van der Waals surface area contributed by atoms with E-state index in [0.717, 1.165) is 0 Å². The zero-order valence-corrected chi connectivity index (χ0v) is 19.1. The maximum Gasteiger partial charge on any atom is 0.322 e. The molecule has 0 fully saturated rings. The molecule has 4 aromatic rings. The lowest BCUT2D eigenvalue weighted by molar-refractivity contribution is 0.206. The molecule has 9 heteroatoms. The van der Waals surface area contributed by atoms with E-state index in [0.29, 0.717) is 33.5 Å². The number of para-hydroxylation sites is 1. The minimum atomic E-state index is -0.619. The molecule has 35 heavy (non-hydrogen) atoms. The lowest BCUT2D eigenvalue weighted by Crippen LogP contribution is -2.36. The monoisotopic (exact) mass is 479 g/mol. The van der Waals surface area contributed by atoms with Crippen LogP contribution in [0.3, 0.4) is 0 Å². The molecule has 0 aliphatic heterocycles. The number of nitrogens with zero attached hydrogens (tertiary/aromatic N) is 1. The van der Waals surface area contributed by atoms with E-state index in [1.54, 1.807) is 36.4 Å². The molecule has 7 nitrogen and oxygen atoms in total. The Morgan fingerprint density at radius 3 is 2.31 bits per heavy atom. The van der Waals surface area contributed by atoms with Crippen LogP contribution >= 0.6 is 0 Å². The van der Waals surface area contributed by atoms with E-state index < -0.39 is 23.2 Å². The van der Waals surface area contributed by atoms with Crippen molar-refractivity contribution in [3.8, 4) is 11.5 Å². The maximum absolute atomic E-state index is 14.1. The third-order valence-corrected chi connectivity index (χ3v) is 5.48. The van der Waals surface area contributed by atoms with Crippen molar-refractivity contribution in [3.63, 3.8) is 0 Å². The van der Waals surface area contributed by atoms with Crippen LogP contribution in [0.5, 0.6) is 11.5 Å². The van der Waals surface area contributed by atoms with Crippen LogP contribution in [0.1, 0.15) is 11.1 Å². The quantitative estimate of drug-likeness (QED) is 0.388. The van der Waals surface area contributed by atoms with Gasteiger partial charge in [-0.1, -0.05) is 24.3 Å². The third kappa shape index (κ3) is 5.40. The molecule has 1 aromatic heterocycles. The van der Waals surface area contributed by atoms with E-state index >= 15 is 0 Å². The van der Waals surface area contributed by atoms with Gasteiger partial charge in [-0.3, -0.25) is 4.79 Å². The first kappa shape index (κ1) is 23.7. The molecule has 180 valence electrons. The average Bonchev–Trinajstić information content (AvgIpc) is 2.85. The van der Waals surface area contributed by atoms with Crippen LogP contribution in [0.15, 0.2) is 71.5 Å². The van der Waals surface area contributed by atoms with Crippen LogP contribution in [0, 0.1) is 11.6 Å². The molecular weight excluding hydrogens is 456 g/mol. The molecule has 0 aliphatic carbocycles. The third-order valence-electron chi connectivity index (χ3n) is 5.48. The Morgan fingerprint density at radius 2 is 1.63 bits per heavy atom. The SMILES string of the molecule is COc1cc2cc(CN(Cc3ccc(F)cc3)C(=O)Nc3ccccc3F)c(=O)[nH]c2cc1OC. The van der Waals surface area contributed by atoms with Crippen molar-refractivity contribution >= 4 is 22.6 Å². The Bertz CT molecular complexity index is 1420. The van der Waals surface area contributed by atoms with Gasteiger partial charge in [0.2, 0.25) is 0 Å². The highest BCUT2D eigenvalue weighted by Crippen LogP contribution is 2.31. The van der Waals surface area contributed by atoms with Gasteiger partial charge in [-0.2, -0.15) is 0 Å².